The van der Waals surface area contributed by atoms with Gasteiger partial charge in [-0.2, -0.15) is 0 Å². The number of aliphatic hydroxyl groups is 5. The summed E-state index contributed by atoms with van der Waals surface area (Å²) in [6.45, 7) is 2.83. The van der Waals surface area contributed by atoms with E-state index < -0.39 is 89.6 Å². The van der Waals surface area contributed by atoms with Gasteiger partial charge in [-0.25, -0.2) is 9.13 Å². The molecular formula is C49H82O17P2. The van der Waals surface area contributed by atoms with Gasteiger partial charge >= 0.3 is 27.6 Å². The molecule has 1 fully saturated rings. The van der Waals surface area contributed by atoms with Crippen molar-refractivity contribution in [2.24, 2.45) is 0 Å². The molecule has 6 unspecified atom stereocenters. The Kier molecular flexibility index (Phi) is 36.1. The lowest BCUT2D eigenvalue weighted by molar-refractivity contribution is -0.216. The summed E-state index contributed by atoms with van der Waals surface area (Å²) >= 11 is 0. The Morgan fingerprint density at radius 2 is 1.07 bits per heavy atom. The topological polar surface area (TPSA) is 276 Å². The fourth-order valence-electron chi connectivity index (χ4n) is 6.78. The van der Waals surface area contributed by atoms with Crippen LogP contribution in [-0.4, -0.2) is 114 Å². The molecule has 1 aliphatic carbocycles. The first kappa shape index (κ1) is 63.2. The van der Waals surface area contributed by atoms with Gasteiger partial charge in [0, 0.05) is 12.8 Å². The van der Waals surface area contributed by atoms with Crippen LogP contribution in [0.5, 0.6) is 0 Å². The molecule has 0 bridgehead atoms. The summed E-state index contributed by atoms with van der Waals surface area (Å²) in [5, 5.41) is 51.4. The molecule has 68 heavy (non-hydrogen) atoms. The number of esters is 2. The van der Waals surface area contributed by atoms with E-state index in [0.29, 0.717) is 32.1 Å². The minimum atomic E-state index is -5.38. The molecular weight excluding hydrogens is 922 g/mol. The van der Waals surface area contributed by atoms with Crippen molar-refractivity contribution < 1.29 is 82.0 Å². The summed E-state index contributed by atoms with van der Waals surface area (Å²) in [6, 6.07) is 0. The number of hydrogen-bond acceptors (Lipinski definition) is 14. The molecule has 0 aromatic rings. The Morgan fingerprint density at radius 3 is 1.68 bits per heavy atom. The number of rotatable bonds is 39. The van der Waals surface area contributed by atoms with E-state index in [0.717, 1.165) is 70.6 Å². The third kappa shape index (κ3) is 32.9. The third-order valence-corrected chi connectivity index (χ3v) is 12.1. The number of unbranched alkanes of at least 4 members (excludes halogenated alkanes) is 10. The lowest BCUT2D eigenvalue weighted by atomic mass is 9.85. The highest BCUT2D eigenvalue weighted by Crippen LogP contribution is 2.49. The molecule has 0 aromatic carbocycles. The van der Waals surface area contributed by atoms with E-state index in [1.54, 1.807) is 6.08 Å². The molecule has 0 aliphatic heterocycles. The highest BCUT2D eigenvalue weighted by molar-refractivity contribution is 7.47. The number of carbonyl (C=O) groups is 2. The second kappa shape index (κ2) is 38.8. The Morgan fingerprint density at radius 1 is 0.559 bits per heavy atom. The lowest BCUT2D eigenvalue weighted by Crippen LogP contribution is -2.64. The van der Waals surface area contributed by atoms with Crippen molar-refractivity contribution in [3.8, 4) is 0 Å². The molecule has 17 nitrogen and oxygen atoms in total. The number of allylic oxidation sites excluding steroid dienone is 13. The van der Waals surface area contributed by atoms with Crippen LogP contribution in [0.2, 0.25) is 0 Å². The van der Waals surface area contributed by atoms with Crippen LogP contribution in [0, 0.1) is 0 Å². The first-order chi connectivity index (χ1) is 32.5. The first-order valence-corrected chi connectivity index (χ1v) is 27.3. The number of ether oxygens (including phenoxy) is 2. The second-order valence-corrected chi connectivity index (χ2v) is 19.2. The van der Waals surface area contributed by atoms with Crippen molar-refractivity contribution in [2.45, 2.75) is 198 Å². The summed E-state index contributed by atoms with van der Waals surface area (Å²) in [4.78, 5) is 54.3. The molecule has 0 aromatic heterocycles. The van der Waals surface area contributed by atoms with Gasteiger partial charge in [0.15, 0.2) is 6.10 Å². The maximum absolute atomic E-state index is 13.0. The summed E-state index contributed by atoms with van der Waals surface area (Å²) in [7, 11) is -10.7. The summed E-state index contributed by atoms with van der Waals surface area (Å²) in [6.07, 6.45) is 29.8. The third-order valence-electron chi connectivity index (χ3n) is 10.6. The van der Waals surface area contributed by atoms with E-state index in [1.807, 2.05) is 18.2 Å². The molecule has 390 valence electrons. The quantitative estimate of drug-likeness (QED) is 0.00944. The van der Waals surface area contributed by atoms with Crippen LogP contribution in [0.3, 0.4) is 0 Å². The van der Waals surface area contributed by atoms with Crippen molar-refractivity contribution >= 4 is 27.6 Å². The SMILES string of the molecule is CC/C=C/C/C=C/C=C/C(O)CCCCCCCC(=O)OC[C@H](COP(=O)(O)O[C@H]1C(O)C(O)C(O)[C@@H](OP(=O)(O)O)C1O)OC(=O)CCCCC/C=C\C/C=C\C/C=C\C/C=C\CCCCC. The number of phosphoric acid groups is 2. The normalized spacial score (nSPS) is 22.4. The van der Waals surface area contributed by atoms with Crippen molar-refractivity contribution in [2.75, 3.05) is 13.2 Å². The van der Waals surface area contributed by atoms with Crippen LogP contribution in [0.25, 0.3) is 0 Å². The maximum Gasteiger partial charge on any atom is 0.472 e. The molecule has 0 spiro atoms. The Labute approximate surface area is 404 Å². The zero-order chi connectivity index (χ0) is 50.5. The average molecular weight is 1010 g/mol. The number of phosphoric ester groups is 2. The van der Waals surface area contributed by atoms with Gasteiger partial charge in [-0.3, -0.25) is 23.2 Å². The van der Waals surface area contributed by atoms with Crippen LogP contribution in [0.4, 0.5) is 0 Å². The van der Waals surface area contributed by atoms with E-state index in [-0.39, 0.29) is 12.8 Å². The molecule has 9 atom stereocenters. The molecule has 0 saturated heterocycles. The van der Waals surface area contributed by atoms with Gasteiger partial charge in [-0.05, 0) is 77.0 Å². The van der Waals surface area contributed by atoms with Crippen LogP contribution in [0.15, 0.2) is 85.1 Å². The zero-order valence-corrected chi connectivity index (χ0v) is 41.9. The maximum atomic E-state index is 13.0. The van der Waals surface area contributed by atoms with Crippen molar-refractivity contribution in [3.63, 3.8) is 0 Å². The predicted molar refractivity (Wildman–Crippen MR) is 261 cm³/mol. The smallest absolute Gasteiger partial charge is 0.462 e. The summed E-state index contributed by atoms with van der Waals surface area (Å²) in [5.41, 5.74) is 0. The van der Waals surface area contributed by atoms with Gasteiger partial charge in [0.25, 0.3) is 0 Å². The minimum absolute atomic E-state index is 0.0186. The molecule has 0 heterocycles. The Balaban J connectivity index is 2.65. The Bertz CT molecular complexity index is 1650. The molecule has 1 rings (SSSR count). The molecule has 0 amide bonds. The monoisotopic (exact) mass is 1000 g/mol. The number of aliphatic hydroxyl groups excluding tert-OH is 5. The number of carbonyl (C=O) groups excluding carboxylic acids is 2. The zero-order valence-electron chi connectivity index (χ0n) is 40.1. The predicted octanol–water partition coefficient (Wildman–Crippen LogP) is 8.36. The van der Waals surface area contributed by atoms with Gasteiger partial charge in [-0.1, -0.05) is 144 Å². The van der Waals surface area contributed by atoms with Crippen LogP contribution in [0.1, 0.15) is 149 Å². The summed E-state index contributed by atoms with van der Waals surface area (Å²) < 4.78 is 49.3. The van der Waals surface area contributed by atoms with Gasteiger partial charge in [0.2, 0.25) is 0 Å². The van der Waals surface area contributed by atoms with Crippen LogP contribution in [-0.2, 0) is 41.8 Å². The van der Waals surface area contributed by atoms with E-state index >= 15 is 0 Å². The fraction of sp³-hybridized carbons (Fsp3) is 0.673. The van der Waals surface area contributed by atoms with Gasteiger partial charge in [0.1, 0.15) is 43.2 Å². The van der Waals surface area contributed by atoms with Crippen LogP contribution >= 0.6 is 15.6 Å². The van der Waals surface area contributed by atoms with E-state index in [2.05, 4.69) is 79.1 Å². The highest BCUT2D eigenvalue weighted by atomic mass is 31.2. The van der Waals surface area contributed by atoms with Gasteiger partial charge < -0.3 is 49.7 Å². The highest BCUT2D eigenvalue weighted by Gasteiger charge is 2.54. The standard InChI is InChI=1S/C49H82O17P2/c1-3-5-7-9-11-12-13-14-15-16-17-18-19-20-21-22-24-28-33-37-43(52)64-41(38-62-42(51)36-32-29-25-27-31-35-40(50)34-30-26-23-10-8-6-4-2)39-63-68(60,61)66-49-46(55)44(53)45(54)48(47(49)56)65-67(57,58)59/h6,8,11-12,14-15,17-18,20-21,23,26,30,34,40-41,44-50,53-56H,3-5,7,9-10,13,16,19,22,24-25,27-29,31-33,35-39H2,1-2H3,(H,60,61)(H2,57,58,59)/b8-6+,12-11-,15-14-,18-17-,21-20-,26-23+,34-30+/t40?,41-,44?,45?,46?,47?,48-,49+/m1/s1. The first-order valence-electron chi connectivity index (χ1n) is 24.2. The van der Waals surface area contributed by atoms with Crippen molar-refractivity contribution in [3.05, 3.63) is 85.1 Å². The number of hydrogen-bond donors (Lipinski definition) is 8. The van der Waals surface area contributed by atoms with Crippen molar-refractivity contribution in [1.29, 1.82) is 0 Å². The molecule has 8 N–H and O–H groups in total. The molecule has 1 aliphatic rings. The molecule has 19 heteroatoms. The van der Waals surface area contributed by atoms with Crippen molar-refractivity contribution in [1.82, 2.24) is 0 Å². The Hall–Kier alpha value is -2.86. The van der Waals surface area contributed by atoms with E-state index in [1.165, 1.54) is 19.3 Å². The average Bonchev–Trinajstić information content (AvgIpc) is 3.29. The second-order valence-electron chi connectivity index (χ2n) is 16.6. The van der Waals surface area contributed by atoms with Gasteiger partial charge in [-0.15, -0.1) is 0 Å². The van der Waals surface area contributed by atoms with Crippen LogP contribution < -0.4 is 0 Å². The summed E-state index contributed by atoms with van der Waals surface area (Å²) in [5.74, 6) is -1.33. The van der Waals surface area contributed by atoms with E-state index in [9.17, 15) is 58.9 Å². The van der Waals surface area contributed by atoms with Gasteiger partial charge in [0.05, 0.1) is 12.7 Å². The van der Waals surface area contributed by atoms with E-state index in [4.69, 9.17) is 18.5 Å². The fourth-order valence-corrected chi connectivity index (χ4v) is 8.32. The molecule has 0 radical (unpaired) electrons. The largest absolute Gasteiger partial charge is 0.472 e. The minimum Gasteiger partial charge on any atom is -0.462 e. The lowest BCUT2D eigenvalue weighted by Gasteiger charge is -2.43. The molecule has 1 saturated carbocycles.